The van der Waals surface area contributed by atoms with Gasteiger partial charge in [0.05, 0.1) is 0 Å². The van der Waals surface area contributed by atoms with Crippen molar-refractivity contribution in [3.8, 4) is 0 Å². The second-order valence-electron chi connectivity index (χ2n) is 4.96. The molecule has 106 valence electrons. The first kappa shape index (κ1) is 15.7. The van der Waals surface area contributed by atoms with Gasteiger partial charge in [-0.3, -0.25) is 4.79 Å². The number of hydrogen-bond acceptors (Lipinski definition) is 2. The largest absolute Gasteiger partial charge is 0.338 e. The Morgan fingerprint density at radius 3 is 2.53 bits per heavy atom. The number of nitrogens with zero attached hydrogens (tertiary/aromatic N) is 1. The molecule has 1 unspecified atom stereocenters. The molecule has 1 N–H and O–H groups in total. The van der Waals surface area contributed by atoms with Crippen LogP contribution in [0.15, 0.2) is 30.3 Å². The number of benzene rings is 1. The monoisotopic (exact) mass is 262 g/mol. The van der Waals surface area contributed by atoms with E-state index in [-0.39, 0.29) is 11.9 Å². The van der Waals surface area contributed by atoms with Crippen LogP contribution in [0.1, 0.15) is 39.2 Å². The van der Waals surface area contributed by atoms with E-state index < -0.39 is 0 Å². The quantitative estimate of drug-likeness (QED) is 0.781. The molecule has 0 radical (unpaired) electrons. The maximum Gasteiger partial charge on any atom is 0.224 e. The van der Waals surface area contributed by atoms with E-state index in [9.17, 15) is 4.79 Å². The Morgan fingerprint density at radius 1 is 1.26 bits per heavy atom. The maximum atomic E-state index is 12.3. The van der Waals surface area contributed by atoms with Crippen molar-refractivity contribution >= 4 is 5.91 Å². The Hall–Kier alpha value is -1.35. The SMILES string of the molecule is CCCN(Cc1ccccc1)C(=O)CC(C)NCC. The fraction of sp³-hybridized carbons (Fsp3) is 0.562. The van der Waals surface area contributed by atoms with Crippen LogP contribution in [0.3, 0.4) is 0 Å². The van der Waals surface area contributed by atoms with Crippen molar-refractivity contribution in [1.82, 2.24) is 10.2 Å². The van der Waals surface area contributed by atoms with Gasteiger partial charge in [0.2, 0.25) is 5.91 Å². The summed E-state index contributed by atoms with van der Waals surface area (Å²) in [7, 11) is 0. The number of carbonyl (C=O) groups excluding carboxylic acids is 1. The lowest BCUT2D eigenvalue weighted by molar-refractivity contribution is -0.132. The Morgan fingerprint density at radius 2 is 1.95 bits per heavy atom. The summed E-state index contributed by atoms with van der Waals surface area (Å²) in [6.07, 6.45) is 1.56. The first-order chi connectivity index (χ1) is 9.17. The molecule has 0 aliphatic rings. The van der Waals surface area contributed by atoms with Gasteiger partial charge < -0.3 is 10.2 Å². The molecule has 0 saturated carbocycles. The summed E-state index contributed by atoms with van der Waals surface area (Å²) in [4.78, 5) is 14.3. The van der Waals surface area contributed by atoms with Gasteiger partial charge in [0.15, 0.2) is 0 Å². The van der Waals surface area contributed by atoms with Gasteiger partial charge in [0.25, 0.3) is 0 Å². The first-order valence-corrected chi connectivity index (χ1v) is 7.22. The third-order valence-electron chi connectivity index (χ3n) is 3.10. The van der Waals surface area contributed by atoms with Crippen LogP contribution in [0, 0.1) is 0 Å². The Balaban J connectivity index is 2.58. The molecule has 0 bridgehead atoms. The Kier molecular flexibility index (Phi) is 7.19. The zero-order valence-electron chi connectivity index (χ0n) is 12.4. The van der Waals surface area contributed by atoms with Gasteiger partial charge in [0, 0.05) is 25.6 Å². The molecule has 0 fully saturated rings. The zero-order valence-corrected chi connectivity index (χ0v) is 12.4. The standard InChI is InChI=1S/C16H26N2O/c1-4-11-18(13-15-9-7-6-8-10-15)16(19)12-14(3)17-5-2/h6-10,14,17H,4-5,11-13H2,1-3H3. The number of amides is 1. The molecule has 0 aliphatic carbocycles. The van der Waals surface area contributed by atoms with E-state index in [4.69, 9.17) is 0 Å². The van der Waals surface area contributed by atoms with Crippen LogP contribution < -0.4 is 5.32 Å². The summed E-state index contributed by atoms with van der Waals surface area (Å²) in [5.74, 6) is 0.235. The van der Waals surface area contributed by atoms with Crippen molar-refractivity contribution in [2.75, 3.05) is 13.1 Å². The molecular formula is C16H26N2O. The minimum Gasteiger partial charge on any atom is -0.338 e. The summed E-state index contributed by atoms with van der Waals surface area (Å²) in [6.45, 7) is 8.68. The molecule has 1 aromatic rings. The van der Waals surface area contributed by atoms with Gasteiger partial charge in [-0.05, 0) is 25.5 Å². The van der Waals surface area contributed by atoms with Gasteiger partial charge >= 0.3 is 0 Å². The average Bonchev–Trinajstić information content (AvgIpc) is 2.39. The van der Waals surface area contributed by atoms with Crippen molar-refractivity contribution in [1.29, 1.82) is 0 Å². The lowest BCUT2D eigenvalue weighted by Crippen LogP contribution is -2.37. The summed E-state index contributed by atoms with van der Waals surface area (Å²) in [5.41, 5.74) is 1.19. The predicted octanol–water partition coefficient (Wildman–Crippen LogP) is 2.81. The van der Waals surface area contributed by atoms with Crippen molar-refractivity contribution in [3.05, 3.63) is 35.9 Å². The van der Waals surface area contributed by atoms with Crippen LogP contribution >= 0.6 is 0 Å². The molecule has 0 aliphatic heterocycles. The number of rotatable bonds is 8. The van der Waals surface area contributed by atoms with E-state index in [0.29, 0.717) is 13.0 Å². The maximum absolute atomic E-state index is 12.3. The average molecular weight is 262 g/mol. The molecule has 19 heavy (non-hydrogen) atoms. The lowest BCUT2D eigenvalue weighted by atomic mass is 10.1. The van der Waals surface area contributed by atoms with E-state index >= 15 is 0 Å². The van der Waals surface area contributed by atoms with Crippen molar-refractivity contribution < 1.29 is 4.79 Å². The van der Waals surface area contributed by atoms with Crippen molar-refractivity contribution in [3.63, 3.8) is 0 Å². The molecular weight excluding hydrogens is 236 g/mol. The third-order valence-corrected chi connectivity index (χ3v) is 3.10. The summed E-state index contributed by atoms with van der Waals surface area (Å²) >= 11 is 0. The Labute approximate surface area is 117 Å². The minimum atomic E-state index is 0.235. The van der Waals surface area contributed by atoms with Crippen LogP contribution in [0.4, 0.5) is 0 Å². The molecule has 0 aromatic heterocycles. The van der Waals surface area contributed by atoms with Gasteiger partial charge in [0.1, 0.15) is 0 Å². The van der Waals surface area contributed by atoms with Gasteiger partial charge in [-0.15, -0.1) is 0 Å². The zero-order chi connectivity index (χ0) is 14.1. The molecule has 0 heterocycles. The van der Waals surface area contributed by atoms with E-state index in [1.165, 1.54) is 5.56 Å². The molecule has 3 nitrogen and oxygen atoms in total. The van der Waals surface area contributed by atoms with Crippen LogP contribution in [-0.2, 0) is 11.3 Å². The number of nitrogens with one attached hydrogen (secondary N) is 1. The van der Waals surface area contributed by atoms with Gasteiger partial charge in [-0.2, -0.15) is 0 Å². The molecule has 0 spiro atoms. The number of hydrogen-bond donors (Lipinski definition) is 1. The van der Waals surface area contributed by atoms with Crippen molar-refractivity contribution in [2.45, 2.75) is 46.2 Å². The second kappa shape index (κ2) is 8.70. The first-order valence-electron chi connectivity index (χ1n) is 7.22. The third kappa shape index (κ3) is 5.88. The second-order valence-corrected chi connectivity index (χ2v) is 4.96. The summed E-state index contributed by atoms with van der Waals surface area (Å²) < 4.78 is 0. The summed E-state index contributed by atoms with van der Waals surface area (Å²) in [5, 5.41) is 3.29. The van der Waals surface area contributed by atoms with Crippen LogP contribution in [0.2, 0.25) is 0 Å². The fourth-order valence-electron chi connectivity index (χ4n) is 2.18. The van der Waals surface area contributed by atoms with E-state index in [1.807, 2.05) is 23.1 Å². The number of carbonyl (C=O) groups is 1. The van der Waals surface area contributed by atoms with Crippen molar-refractivity contribution in [2.24, 2.45) is 0 Å². The van der Waals surface area contributed by atoms with Crippen LogP contribution in [0.5, 0.6) is 0 Å². The van der Waals surface area contributed by atoms with Crippen LogP contribution in [-0.4, -0.2) is 29.9 Å². The molecule has 0 saturated heterocycles. The minimum absolute atomic E-state index is 0.235. The fourth-order valence-corrected chi connectivity index (χ4v) is 2.18. The Bertz CT molecular complexity index is 364. The highest BCUT2D eigenvalue weighted by atomic mass is 16.2. The smallest absolute Gasteiger partial charge is 0.224 e. The molecule has 1 amide bonds. The lowest BCUT2D eigenvalue weighted by Gasteiger charge is -2.24. The molecule has 1 rings (SSSR count). The van der Waals surface area contributed by atoms with Gasteiger partial charge in [-0.1, -0.05) is 44.2 Å². The van der Waals surface area contributed by atoms with E-state index in [1.54, 1.807) is 0 Å². The molecule has 1 atom stereocenters. The highest BCUT2D eigenvalue weighted by molar-refractivity contribution is 5.76. The highest BCUT2D eigenvalue weighted by Crippen LogP contribution is 2.08. The highest BCUT2D eigenvalue weighted by Gasteiger charge is 2.15. The molecule has 1 aromatic carbocycles. The van der Waals surface area contributed by atoms with E-state index in [2.05, 4.69) is 38.2 Å². The normalized spacial score (nSPS) is 12.2. The predicted molar refractivity (Wildman–Crippen MR) is 79.9 cm³/mol. The molecule has 3 heteroatoms. The van der Waals surface area contributed by atoms with Crippen LogP contribution in [0.25, 0.3) is 0 Å². The topological polar surface area (TPSA) is 32.3 Å². The summed E-state index contributed by atoms with van der Waals surface area (Å²) in [6, 6.07) is 10.4. The van der Waals surface area contributed by atoms with E-state index in [0.717, 1.165) is 19.5 Å². The van der Waals surface area contributed by atoms with Gasteiger partial charge in [-0.25, -0.2) is 0 Å².